The van der Waals surface area contributed by atoms with E-state index in [0.29, 0.717) is 16.1 Å². The van der Waals surface area contributed by atoms with E-state index in [-0.39, 0.29) is 38.1 Å². The third kappa shape index (κ3) is 5.71. The van der Waals surface area contributed by atoms with Crippen molar-refractivity contribution in [2.75, 3.05) is 4.72 Å². The normalized spacial score (nSPS) is 12.3. The standard InChI is InChI=1S/C22H16Cl3N5O4S2/c23-12-6-4-11(5-7-12)8-18(21(26)31)27-22(32)13-9-14(24)15(25)10-17(13)30-36(33,34)19-3-1-2-16-20(19)29-35-28-16/h1-7,9-10,18,30H,8H2,(H2,26,31)(H,27,32). The van der Waals surface area contributed by atoms with Gasteiger partial charge < -0.3 is 11.1 Å². The van der Waals surface area contributed by atoms with Crippen LogP contribution in [0.3, 0.4) is 0 Å². The predicted molar refractivity (Wildman–Crippen MR) is 140 cm³/mol. The number of hydrogen-bond acceptors (Lipinski definition) is 7. The van der Waals surface area contributed by atoms with Gasteiger partial charge in [-0.2, -0.15) is 8.75 Å². The minimum atomic E-state index is -4.22. The van der Waals surface area contributed by atoms with Gasteiger partial charge in [0, 0.05) is 11.4 Å². The second kappa shape index (κ2) is 10.6. The van der Waals surface area contributed by atoms with Gasteiger partial charge in [0.1, 0.15) is 22.0 Å². The molecule has 0 bridgehead atoms. The molecule has 0 spiro atoms. The lowest BCUT2D eigenvalue weighted by atomic mass is 10.0. The molecule has 0 aliphatic rings. The Balaban J connectivity index is 1.66. The number of anilines is 1. The Morgan fingerprint density at radius 3 is 2.39 bits per heavy atom. The summed E-state index contributed by atoms with van der Waals surface area (Å²) in [6.07, 6.45) is 0.0828. The fraction of sp³-hybridized carbons (Fsp3) is 0.0909. The highest BCUT2D eigenvalue weighted by Crippen LogP contribution is 2.32. The van der Waals surface area contributed by atoms with Crippen LogP contribution in [0.25, 0.3) is 11.0 Å². The van der Waals surface area contributed by atoms with Crippen molar-refractivity contribution in [1.82, 2.24) is 14.1 Å². The number of hydrogen-bond donors (Lipinski definition) is 3. The first-order valence-electron chi connectivity index (χ1n) is 10.1. The summed E-state index contributed by atoms with van der Waals surface area (Å²) in [5.74, 6) is -1.58. The van der Waals surface area contributed by atoms with Crippen LogP contribution in [0.5, 0.6) is 0 Å². The van der Waals surface area contributed by atoms with E-state index in [1.807, 2.05) is 0 Å². The molecule has 1 atom stereocenters. The molecular formula is C22H16Cl3N5O4S2. The summed E-state index contributed by atoms with van der Waals surface area (Å²) in [6, 6.07) is 12.5. The highest BCUT2D eigenvalue weighted by Gasteiger charge is 2.26. The SMILES string of the molecule is NC(=O)C(Cc1ccc(Cl)cc1)NC(=O)c1cc(Cl)c(Cl)cc1NS(=O)(=O)c1cccc2nsnc12. The van der Waals surface area contributed by atoms with Crippen LogP contribution in [-0.4, -0.2) is 35.0 Å². The zero-order valence-electron chi connectivity index (χ0n) is 18.0. The molecule has 2 amide bonds. The molecule has 9 nitrogen and oxygen atoms in total. The summed E-state index contributed by atoms with van der Waals surface area (Å²) < 4.78 is 36.9. The molecule has 4 rings (SSSR count). The Labute approximate surface area is 224 Å². The number of sulfonamides is 1. The number of carbonyl (C=O) groups is 2. The van der Waals surface area contributed by atoms with E-state index in [1.165, 1.54) is 24.3 Å². The Hall–Kier alpha value is -2.96. The van der Waals surface area contributed by atoms with Crippen LogP contribution < -0.4 is 15.8 Å². The van der Waals surface area contributed by atoms with Crippen molar-refractivity contribution < 1.29 is 18.0 Å². The number of amides is 2. The smallest absolute Gasteiger partial charge is 0.264 e. The average Bonchev–Trinajstić information content (AvgIpc) is 3.30. The first kappa shape index (κ1) is 26.1. The highest BCUT2D eigenvalue weighted by molar-refractivity contribution is 7.93. The van der Waals surface area contributed by atoms with Crippen molar-refractivity contribution in [1.29, 1.82) is 0 Å². The van der Waals surface area contributed by atoms with Crippen molar-refractivity contribution in [2.24, 2.45) is 5.73 Å². The first-order valence-corrected chi connectivity index (χ1v) is 13.5. The lowest BCUT2D eigenvalue weighted by molar-refractivity contribution is -0.119. The van der Waals surface area contributed by atoms with Gasteiger partial charge in [0.25, 0.3) is 15.9 Å². The molecule has 36 heavy (non-hydrogen) atoms. The third-order valence-corrected chi connectivity index (χ3v) is 8.00. The van der Waals surface area contributed by atoms with Gasteiger partial charge in [0.05, 0.1) is 33.0 Å². The topological polar surface area (TPSA) is 144 Å². The quantitative estimate of drug-likeness (QED) is 0.282. The van der Waals surface area contributed by atoms with Crippen LogP contribution in [0.2, 0.25) is 15.1 Å². The van der Waals surface area contributed by atoms with Crippen molar-refractivity contribution >= 4 is 85.1 Å². The molecule has 1 heterocycles. The van der Waals surface area contributed by atoms with Gasteiger partial charge in [-0.25, -0.2) is 8.42 Å². The third-order valence-electron chi connectivity index (χ3n) is 5.09. The van der Waals surface area contributed by atoms with E-state index in [0.717, 1.165) is 11.7 Å². The molecule has 0 fully saturated rings. The Morgan fingerprint density at radius 1 is 1.00 bits per heavy atom. The molecule has 3 aromatic carbocycles. The number of nitrogens with two attached hydrogens (primary N) is 1. The second-order valence-corrected chi connectivity index (χ2v) is 11.0. The first-order chi connectivity index (χ1) is 17.0. The van der Waals surface area contributed by atoms with Crippen LogP contribution in [0, 0.1) is 0 Å². The molecule has 4 aromatic rings. The van der Waals surface area contributed by atoms with E-state index >= 15 is 0 Å². The molecule has 0 radical (unpaired) electrons. The van der Waals surface area contributed by atoms with E-state index < -0.39 is 27.9 Å². The van der Waals surface area contributed by atoms with Gasteiger partial charge in [-0.15, -0.1) is 0 Å². The summed E-state index contributed by atoms with van der Waals surface area (Å²) in [5.41, 5.74) is 6.46. The minimum absolute atomic E-state index is 0.00361. The van der Waals surface area contributed by atoms with Gasteiger partial charge >= 0.3 is 0 Å². The highest BCUT2D eigenvalue weighted by atomic mass is 35.5. The van der Waals surface area contributed by atoms with Gasteiger partial charge in [-0.05, 0) is 42.0 Å². The Morgan fingerprint density at radius 2 is 1.69 bits per heavy atom. The molecule has 1 unspecified atom stereocenters. The molecular weight excluding hydrogens is 569 g/mol. The molecule has 0 saturated heterocycles. The number of carbonyl (C=O) groups excluding carboxylic acids is 2. The zero-order valence-corrected chi connectivity index (χ0v) is 21.9. The monoisotopic (exact) mass is 583 g/mol. The number of halogens is 3. The van der Waals surface area contributed by atoms with Crippen LogP contribution in [0.4, 0.5) is 5.69 Å². The van der Waals surface area contributed by atoms with Crippen molar-refractivity contribution in [2.45, 2.75) is 17.4 Å². The molecule has 186 valence electrons. The van der Waals surface area contributed by atoms with Gasteiger partial charge in [0.15, 0.2) is 0 Å². The lowest BCUT2D eigenvalue weighted by Crippen LogP contribution is -2.46. The van der Waals surface area contributed by atoms with Crippen LogP contribution >= 0.6 is 46.5 Å². The fourth-order valence-electron chi connectivity index (χ4n) is 3.33. The van der Waals surface area contributed by atoms with Crippen LogP contribution in [-0.2, 0) is 21.2 Å². The minimum Gasteiger partial charge on any atom is -0.368 e. The molecule has 14 heteroatoms. The van der Waals surface area contributed by atoms with E-state index in [2.05, 4.69) is 18.8 Å². The van der Waals surface area contributed by atoms with Crippen molar-refractivity contribution in [3.05, 3.63) is 80.8 Å². The molecule has 0 saturated carbocycles. The number of benzene rings is 3. The lowest BCUT2D eigenvalue weighted by Gasteiger charge is -2.18. The maximum Gasteiger partial charge on any atom is 0.264 e. The number of primary amides is 1. The van der Waals surface area contributed by atoms with Gasteiger partial charge in [-0.3, -0.25) is 14.3 Å². The van der Waals surface area contributed by atoms with Crippen molar-refractivity contribution in [3.63, 3.8) is 0 Å². The Bertz CT molecular complexity index is 1580. The van der Waals surface area contributed by atoms with Crippen LogP contribution in [0.15, 0.2) is 59.5 Å². The summed E-state index contributed by atoms with van der Waals surface area (Å²) >= 11 is 19.0. The van der Waals surface area contributed by atoms with E-state index in [4.69, 9.17) is 40.5 Å². The van der Waals surface area contributed by atoms with Crippen LogP contribution in [0.1, 0.15) is 15.9 Å². The molecule has 1 aromatic heterocycles. The maximum absolute atomic E-state index is 13.2. The summed E-state index contributed by atoms with van der Waals surface area (Å²) in [5, 5.41) is 3.05. The number of nitrogens with one attached hydrogen (secondary N) is 2. The van der Waals surface area contributed by atoms with E-state index in [1.54, 1.807) is 30.3 Å². The summed E-state index contributed by atoms with van der Waals surface area (Å²) in [7, 11) is -4.22. The second-order valence-electron chi connectivity index (χ2n) is 7.56. The number of rotatable bonds is 8. The fourth-order valence-corrected chi connectivity index (χ4v) is 5.62. The molecule has 0 aliphatic carbocycles. The zero-order chi connectivity index (χ0) is 26.0. The predicted octanol–water partition coefficient (Wildman–Crippen LogP) is 4.28. The number of fused-ring (bicyclic) bond motifs is 1. The largest absolute Gasteiger partial charge is 0.368 e. The summed E-state index contributed by atoms with van der Waals surface area (Å²) in [4.78, 5) is 25.1. The maximum atomic E-state index is 13.2. The molecule has 4 N–H and O–H groups in total. The van der Waals surface area contributed by atoms with E-state index in [9.17, 15) is 18.0 Å². The Kier molecular flexibility index (Phi) is 7.67. The average molecular weight is 585 g/mol. The van der Waals surface area contributed by atoms with Gasteiger partial charge in [-0.1, -0.05) is 53.0 Å². The molecule has 0 aliphatic heterocycles. The van der Waals surface area contributed by atoms with Crippen molar-refractivity contribution in [3.8, 4) is 0 Å². The summed E-state index contributed by atoms with van der Waals surface area (Å²) in [6.45, 7) is 0. The number of nitrogens with zero attached hydrogens (tertiary/aromatic N) is 2. The number of aromatic nitrogens is 2. The van der Waals surface area contributed by atoms with Gasteiger partial charge in [0.2, 0.25) is 5.91 Å².